The van der Waals surface area contributed by atoms with Gasteiger partial charge in [-0.3, -0.25) is 0 Å². The van der Waals surface area contributed by atoms with E-state index in [4.69, 9.17) is 31.7 Å². The van der Waals surface area contributed by atoms with Crippen LogP contribution in [-0.2, 0) is 0 Å². The number of para-hydroxylation sites is 3. The molecule has 11 rings (SSSR count). The van der Waals surface area contributed by atoms with Gasteiger partial charge in [-0.15, -0.1) is 0 Å². The van der Waals surface area contributed by atoms with E-state index in [-0.39, 0.29) is 38.8 Å². The number of hydrogen-bond donors (Lipinski definition) is 0. The summed E-state index contributed by atoms with van der Waals surface area (Å²) in [5.74, 6) is 0.761. The van der Waals surface area contributed by atoms with E-state index in [1.54, 1.807) is 24.3 Å². The molecule has 0 aliphatic carbocycles. The highest BCUT2D eigenvalue weighted by atomic mass is 16.3. The van der Waals surface area contributed by atoms with E-state index in [2.05, 4.69) is 0 Å². The van der Waals surface area contributed by atoms with E-state index in [1.165, 1.54) is 0 Å². The Hall–Kier alpha value is -7.63. The molecule has 3 aromatic heterocycles. The van der Waals surface area contributed by atoms with Crippen molar-refractivity contribution in [2.24, 2.45) is 0 Å². The first-order chi connectivity index (χ1) is 32.7. The first kappa shape index (κ1) is 21.9. The molecule has 0 amide bonds. The van der Waals surface area contributed by atoms with Crippen LogP contribution in [0.25, 0.3) is 106 Å². The summed E-state index contributed by atoms with van der Waals surface area (Å²) in [7, 11) is 0. The van der Waals surface area contributed by atoms with Crippen LogP contribution in [0.3, 0.4) is 0 Å². The van der Waals surface area contributed by atoms with Gasteiger partial charge in [0.15, 0.2) is 17.5 Å². The van der Waals surface area contributed by atoms with Crippen LogP contribution in [0, 0.1) is 0 Å². The standard InChI is InChI=1S/C51H32N4O/c1-3-14-33(15-4-1)34-16-13-17-36(30-34)49-52-50(37-26-28-42-41-22-10-12-25-47(41)56-48(42)32-37)54-51(53-49)43-23-8-7-20-39(43)35-27-29-46-44(31-35)40-21-9-11-24-45(40)55(46)38-18-5-2-6-19-38/h1-32H/i2D,5D,6D,9D,11D,18D,19D,21D,24D,27D,29D,31D. The predicted octanol–water partition coefficient (Wildman–Crippen LogP) is 13.2. The number of aromatic nitrogens is 4. The number of benzene rings is 8. The van der Waals surface area contributed by atoms with Crippen molar-refractivity contribution in [1.82, 2.24) is 19.5 Å². The van der Waals surface area contributed by atoms with Crippen LogP contribution in [0.15, 0.2) is 198 Å². The van der Waals surface area contributed by atoms with E-state index in [1.807, 2.05) is 97.1 Å². The second-order valence-corrected chi connectivity index (χ2v) is 13.1. The highest BCUT2D eigenvalue weighted by Crippen LogP contribution is 2.39. The molecule has 0 fully saturated rings. The topological polar surface area (TPSA) is 56.7 Å². The molecule has 0 radical (unpaired) electrons. The lowest BCUT2D eigenvalue weighted by atomic mass is 9.97. The Bertz CT molecular complexity index is 3940. The zero-order chi connectivity index (χ0) is 47.4. The second kappa shape index (κ2) is 13.0. The molecule has 56 heavy (non-hydrogen) atoms. The van der Waals surface area contributed by atoms with Crippen LogP contribution in [0.4, 0.5) is 0 Å². The van der Waals surface area contributed by atoms with Crippen molar-refractivity contribution in [3.05, 3.63) is 194 Å². The summed E-state index contributed by atoms with van der Waals surface area (Å²) in [5.41, 5.74) is 3.91. The highest BCUT2D eigenvalue weighted by molar-refractivity contribution is 6.11. The van der Waals surface area contributed by atoms with E-state index in [0.717, 1.165) is 32.0 Å². The fraction of sp³-hybridized carbons (Fsp3) is 0. The van der Waals surface area contributed by atoms with Gasteiger partial charge in [0.25, 0.3) is 0 Å². The van der Waals surface area contributed by atoms with Crippen molar-refractivity contribution in [2.45, 2.75) is 0 Å². The van der Waals surface area contributed by atoms with Crippen LogP contribution >= 0.6 is 0 Å². The van der Waals surface area contributed by atoms with E-state index in [0.29, 0.717) is 33.9 Å². The van der Waals surface area contributed by atoms with Gasteiger partial charge in [0.2, 0.25) is 0 Å². The molecule has 8 aromatic carbocycles. The summed E-state index contributed by atoms with van der Waals surface area (Å²) in [6.45, 7) is 0. The predicted molar refractivity (Wildman–Crippen MR) is 229 cm³/mol. The van der Waals surface area contributed by atoms with Gasteiger partial charge in [-0.05, 0) is 76.7 Å². The van der Waals surface area contributed by atoms with Crippen LogP contribution < -0.4 is 0 Å². The molecule has 0 saturated carbocycles. The molecule has 3 heterocycles. The molecule has 0 aliphatic rings. The average molecular weight is 729 g/mol. The summed E-state index contributed by atoms with van der Waals surface area (Å²) in [6, 6.07) is 30.3. The van der Waals surface area contributed by atoms with Crippen LogP contribution in [0.2, 0.25) is 0 Å². The van der Waals surface area contributed by atoms with Gasteiger partial charge in [0, 0.05) is 43.9 Å². The van der Waals surface area contributed by atoms with Crippen molar-refractivity contribution < 1.29 is 20.9 Å². The lowest BCUT2D eigenvalue weighted by molar-refractivity contribution is 0.669. The molecule has 0 saturated heterocycles. The Morgan fingerprint density at radius 1 is 0.411 bits per heavy atom. The monoisotopic (exact) mass is 728 g/mol. The van der Waals surface area contributed by atoms with Crippen LogP contribution in [0.5, 0.6) is 0 Å². The minimum atomic E-state index is -0.716. The normalized spacial score (nSPS) is 14.6. The van der Waals surface area contributed by atoms with Crippen LogP contribution in [0.1, 0.15) is 16.4 Å². The molecule has 5 heteroatoms. The molecule has 0 N–H and O–H groups in total. The number of rotatable bonds is 6. The zero-order valence-electron chi connectivity index (χ0n) is 41.2. The molecule has 262 valence electrons. The summed E-state index contributed by atoms with van der Waals surface area (Å²) in [5, 5.41) is 1.45. The molecule has 0 atom stereocenters. The largest absolute Gasteiger partial charge is 0.456 e. The van der Waals surface area contributed by atoms with Crippen molar-refractivity contribution >= 4 is 43.7 Å². The number of fused-ring (bicyclic) bond motifs is 6. The van der Waals surface area contributed by atoms with Crippen molar-refractivity contribution in [2.75, 3.05) is 0 Å². The van der Waals surface area contributed by atoms with E-state index < -0.39 is 78.2 Å². The lowest BCUT2D eigenvalue weighted by Gasteiger charge is -2.13. The SMILES string of the molecule is [2H]c1c([2H])c([2H])c(-n2c3c([2H])c([2H])c([2H])c([2H])c3c3c([2H])c(-c4ccccc4-c4nc(-c5cccc(-c6ccccc6)c5)nc(-c5ccc6c(c5)oc5ccccc56)n4)c([2H])c([2H])c32)c([2H])c1[2H]. The van der Waals surface area contributed by atoms with Gasteiger partial charge < -0.3 is 8.98 Å². The number of nitrogens with zero attached hydrogens (tertiary/aromatic N) is 4. The molecule has 0 unspecified atom stereocenters. The fourth-order valence-corrected chi connectivity index (χ4v) is 7.21. The van der Waals surface area contributed by atoms with Crippen molar-refractivity contribution in [1.29, 1.82) is 0 Å². The Morgan fingerprint density at radius 3 is 1.95 bits per heavy atom. The van der Waals surface area contributed by atoms with Crippen molar-refractivity contribution in [3.63, 3.8) is 0 Å². The Labute approximate surface area is 339 Å². The fourth-order valence-electron chi connectivity index (χ4n) is 7.21. The smallest absolute Gasteiger partial charge is 0.164 e. The van der Waals surface area contributed by atoms with Gasteiger partial charge in [-0.25, -0.2) is 15.0 Å². The number of hydrogen-bond acceptors (Lipinski definition) is 4. The summed E-state index contributed by atoms with van der Waals surface area (Å²) in [4.78, 5) is 15.1. The maximum atomic E-state index is 9.90. The lowest BCUT2D eigenvalue weighted by Crippen LogP contribution is -2.01. The van der Waals surface area contributed by atoms with Gasteiger partial charge in [0.05, 0.1) is 27.5 Å². The second-order valence-electron chi connectivity index (χ2n) is 13.1. The molecule has 5 nitrogen and oxygen atoms in total. The summed E-state index contributed by atoms with van der Waals surface area (Å²) >= 11 is 0. The Balaban J connectivity index is 1.19. The Kier molecular flexibility index (Phi) is 5.10. The molecule has 0 bridgehead atoms. The molecule has 0 spiro atoms. The molecular weight excluding hydrogens is 685 g/mol. The van der Waals surface area contributed by atoms with E-state index >= 15 is 0 Å². The van der Waals surface area contributed by atoms with Gasteiger partial charge in [0.1, 0.15) is 11.2 Å². The maximum absolute atomic E-state index is 9.90. The van der Waals surface area contributed by atoms with Gasteiger partial charge in [-0.2, -0.15) is 0 Å². The molecular formula is C51H32N4O. The number of furan rings is 1. The van der Waals surface area contributed by atoms with Crippen LogP contribution in [-0.4, -0.2) is 19.5 Å². The highest BCUT2D eigenvalue weighted by Gasteiger charge is 2.19. The summed E-state index contributed by atoms with van der Waals surface area (Å²) < 4.78 is 115. The Morgan fingerprint density at radius 2 is 1.07 bits per heavy atom. The minimum absolute atomic E-state index is 0.0936. The van der Waals surface area contributed by atoms with Crippen molar-refractivity contribution in [3.8, 4) is 62.1 Å². The van der Waals surface area contributed by atoms with E-state index in [9.17, 15) is 4.11 Å². The first-order valence-corrected chi connectivity index (χ1v) is 17.8. The third-order valence-electron chi connectivity index (χ3n) is 9.81. The molecule has 0 aliphatic heterocycles. The third kappa shape index (κ3) is 5.37. The summed E-state index contributed by atoms with van der Waals surface area (Å²) in [6.07, 6.45) is 0. The van der Waals surface area contributed by atoms with Gasteiger partial charge >= 0.3 is 0 Å². The minimum Gasteiger partial charge on any atom is -0.456 e. The maximum Gasteiger partial charge on any atom is 0.164 e. The van der Waals surface area contributed by atoms with Gasteiger partial charge in [-0.1, -0.05) is 139 Å². The molecule has 11 aromatic rings. The third-order valence-corrected chi connectivity index (χ3v) is 9.81. The average Bonchev–Trinajstić information content (AvgIpc) is 3.92. The zero-order valence-corrected chi connectivity index (χ0v) is 29.2. The first-order valence-electron chi connectivity index (χ1n) is 23.8. The quantitative estimate of drug-likeness (QED) is 0.171.